The van der Waals surface area contributed by atoms with Crippen LogP contribution in [-0.4, -0.2) is 57.5 Å². The van der Waals surface area contributed by atoms with Gasteiger partial charge >= 0.3 is 6.03 Å². The molecule has 11 atom stereocenters. The normalized spacial score (nSPS) is 39.6. The molecular weight excluding hydrogens is 562 g/mol. The molecule has 0 spiro atoms. The van der Waals surface area contributed by atoms with E-state index in [4.69, 9.17) is 0 Å². The van der Waals surface area contributed by atoms with Gasteiger partial charge in [0.1, 0.15) is 0 Å². The van der Waals surface area contributed by atoms with Crippen LogP contribution in [0.1, 0.15) is 85.5 Å². The van der Waals surface area contributed by atoms with E-state index in [1.807, 2.05) is 19.0 Å². The Labute approximate surface area is 259 Å². The number of sulfonamides is 1. The second-order valence-electron chi connectivity index (χ2n) is 15.1. The monoisotopic (exact) mass is 617 g/mol. The summed E-state index contributed by atoms with van der Waals surface area (Å²) in [6.07, 6.45) is 8.59. The minimum absolute atomic E-state index is 0.0574. The van der Waals surface area contributed by atoms with Crippen molar-refractivity contribution in [1.82, 2.24) is 10.0 Å². The lowest BCUT2D eigenvalue weighted by atomic mass is 9.41. The Bertz CT molecular complexity index is 1250. The van der Waals surface area contributed by atoms with Gasteiger partial charge in [-0.05, 0) is 128 Å². The van der Waals surface area contributed by atoms with Crippen molar-refractivity contribution < 1.29 is 23.4 Å². The number of hydrogen-bond acceptors (Lipinski definition) is 6. The lowest BCUT2D eigenvalue weighted by Gasteiger charge is -2.64. The highest BCUT2D eigenvalue weighted by Crippen LogP contribution is 2.69. The van der Waals surface area contributed by atoms with E-state index in [9.17, 15) is 23.4 Å². The number of nitrogens with zero attached hydrogens (tertiary/aromatic N) is 1. The van der Waals surface area contributed by atoms with Crippen LogP contribution in [0.2, 0.25) is 0 Å². The molecule has 4 N–H and O–H groups in total. The number of nitrogens with one attached hydrogen (secondary N) is 2. The first-order valence-corrected chi connectivity index (χ1v) is 18.2. The van der Waals surface area contributed by atoms with Crippen molar-refractivity contribution in [3.05, 3.63) is 24.3 Å². The van der Waals surface area contributed by atoms with E-state index in [0.717, 1.165) is 57.1 Å². The Morgan fingerprint density at radius 2 is 1.65 bits per heavy atom. The second-order valence-corrected chi connectivity index (χ2v) is 16.8. The highest BCUT2D eigenvalue weighted by Gasteiger charge is 2.64. The van der Waals surface area contributed by atoms with Crippen LogP contribution in [0.4, 0.5) is 10.5 Å². The lowest BCUT2D eigenvalue weighted by molar-refractivity contribution is -0.203. The van der Waals surface area contributed by atoms with Gasteiger partial charge in [0, 0.05) is 26.3 Å². The van der Waals surface area contributed by atoms with Gasteiger partial charge in [0.2, 0.25) is 0 Å². The molecule has 242 valence electrons. The molecule has 1 unspecified atom stereocenters. The van der Waals surface area contributed by atoms with Gasteiger partial charge in [0.25, 0.3) is 10.0 Å². The summed E-state index contributed by atoms with van der Waals surface area (Å²) in [6.45, 7) is 9.84. The SMILES string of the molecule is CC[C@@H]1C2C[C@H](O)CC[C@]2(C)[C@H]2CC[C@]3(C)[C@@H]([C@H](C)CCNC(=O)NS(=O)(=O)c4ccc(N(C)C)cc4)CC[C@H]3[C@@H]2[C@@H]1O. The van der Waals surface area contributed by atoms with E-state index in [-0.39, 0.29) is 33.9 Å². The summed E-state index contributed by atoms with van der Waals surface area (Å²) in [4.78, 5) is 14.5. The fourth-order valence-electron chi connectivity index (χ4n) is 10.7. The molecule has 2 amide bonds. The van der Waals surface area contributed by atoms with Gasteiger partial charge in [-0.2, -0.15) is 0 Å². The first-order valence-electron chi connectivity index (χ1n) is 16.7. The fraction of sp³-hybridized carbons (Fsp3) is 0.794. The zero-order valence-corrected chi connectivity index (χ0v) is 27.9. The lowest BCUT2D eigenvalue weighted by Crippen LogP contribution is -2.62. The molecule has 0 aliphatic heterocycles. The highest BCUT2D eigenvalue weighted by molar-refractivity contribution is 7.90. The molecule has 0 radical (unpaired) electrons. The minimum atomic E-state index is -3.95. The molecule has 1 aromatic carbocycles. The van der Waals surface area contributed by atoms with Crippen molar-refractivity contribution >= 4 is 21.7 Å². The van der Waals surface area contributed by atoms with E-state index >= 15 is 0 Å². The highest BCUT2D eigenvalue weighted by atomic mass is 32.2. The van der Waals surface area contributed by atoms with E-state index in [2.05, 4.69) is 37.7 Å². The second kappa shape index (κ2) is 12.2. The van der Waals surface area contributed by atoms with Crippen LogP contribution in [-0.2, 0) is 10.0 Å². The molecule has 0 saturated heterocycles. The van der Waals surface area contributed by atoms with Crippen LogP contribution in [0.15, 0.2) is 29.2 Å². The third kappa shape index (κ3) is 5.83. The molecule has 5 rings (SSSR count). The zero-order chi connectivity index (χ0) is 31.3. The van der Waals surface area contributed by atoms with Crippen LogP contribution in [0.3, 0.4) is 0 Å². The van der Waals surface area contributed by atoms with E-state index in [1.165, 1.54) is 18.6 Å². The first-order chi connectivity index (χ1) is 20.2. The van der Waals surface area contributed by atoms with Crippen molar-refractivity contribution in [3.63, 3.8) is 0 Å². The summed E-state index contributed by atoms with van der Waals surface area (Å²) in [5.41, 5.74) is 1.23. The average molecular weight is 618 g/mol. The smallest absolute Gasteiger partial charge is 0.328 e. The summed E-state index contributed by atoms with van der Waals surface area (Å²) in [7, 11) is -0.189. The van der Waals surface area contributed by atoms with Gasteiger partial charge in [-0.25, -0.2) is 17.9 Å². The molecule has 43 heavy (non-hydrogen) atoms. The first kappa shape index (κ1) is 32.6. The molecule has 4 aliphatic rings. The number of benzene rings is 1. The Morgan fingerprint density at radius 1 is 1.00 bits per heavy atom. The summed E-state index contributed by atoms with van der Waals surface area (Å²) in [6, 6.07) is 5.73. The number of carbonyl (C=O) groups excluding carboxylic acids is 1. The standard InChI is InChI=1S/C34H55N3O5S/c1-7-25-29-20-23(38)14-17-34(29,4)28-15-18-33(3)26(12-13-27(33)30(28)31(25)39)21(2)16-19-35-32(40)36-43(41,42)24-10-8-22(9-11-24)37(5)6/h8-11,21,23,25-31,38-39H,7,12-20H2,1-6H3,(H2,35,36,40)/t21-,23-,25-,26-,27+,28+,29?,30+,31-,33-,34-/m1/s1. The number of fused-ring (bicyclic) bond motifs is 5. The van der Waals surface area contributed by atoms with Gasteiger partial charge in [0.15, 0.2) is 0 Å². The molecule has 4 fully saturated rings. The molecule has 8 nitrogen and oxygen atoms in total. The number of hydrogen-bond donors (Lipinski definition) is 4. The Kier molecular flexibility index (Phi) is 9.21. The van der Waals surface area contributed by atoms with Crippen molar-refractivity contribution in [2.45, 2.75) is 103 Å². The van der Waals surface area contributed by atoms with Crippen molar-refractivity contribution in [3.8, 4) is 0 Å². The number of rotatable bonds is 8. The summed E-state index contributed by atoms with van der Waals surface area (Å²) < 4.78 is 27.6. The number of amides is 2. The predicted molar refractivity (Wildman–Crippen MR) is 170 cm³/mol. The third-order valence-corrected chi connectivity index (χ3v) is 14.3. The molecule has 1 aromatic rings. The van der Waals surface area contributed by atoms with Crippen molar-refractivity contribution in [2.24, 2.45) is 52.3 Å². The molecule has 4 aliphatic carbocycles. The maximum absolute atomic E-state index is 12.7. The zero-order valence-electron chi connectivity index (χ0n) is 27.1. The molecule has 9 heteroatoms. The maximum Gasteiger partial charge on any atom is 0.328 e. The Balaban J connectivity index is 1.20. The minimum Gasteiger partial charge on any atom is -0.393 e. The van der Waals surface area contributed by atoms with Gasteiger partial charge < -0.3 is 20.4 Å². The van der Waals surface area contributed by atoms with E-state index < -0.39 is 16.1 Å². The molecular formula is C34H55N3O5S. The maximum atomic E-state index is 12.7. The summed E-state index contributed by atoms with van der Waals surface area (Å²) >= 11 is 0. The Morgan fingerprint density at radius 3 is 2.30 bits per heavy atom. The van der Waals surface area contributed by atoms with Gasteiger partial charge in [-0.1, -0.05) is 34.1 Å². The Hall–Kier alpha value is -1.84. The van der Waals surface area contributed by atoms with E-state index in [0.29, 0.717) is 42.1 Å². The molecule has 4 saturated carbocycles. The van der Waals surface area contributed by atoms with Gasteiger partial charge in [-0.15, -0.1) is 0 Å². The quantitative estimate of drug-likeness (QED) is 0.311. The van der Waals surface area contributed by atoms with Crippen LogP contribution in [0.5, 0.6) is 0 Å². The fourth-order valence-corrected chi connectivity index (χ4v) is 11.6. The molecule has 0 heterocycles. The number of anilines is 1. The average Bonchev–Trinajstić information content (AvgIpc) is 3.31. The third-order valence-electron chi connectivity index (χ3n) is 12.9. The number of urea groups is 1. The van der Waals surface area contributed by atoms with Crippen LogP contribution in [0, 0.1) is 52.3 Å². The molecule has 0 bridgehead atoms. The summed E-state index contributed by atoms with van der Waals surface area (Å²) in [5, 5.41) is 25.2. The van der Waals surface area contributed by atoms with Crippen molar-refractivity contribution in [1.29, 1.82) is 0 Å². The topological polar surface area (TPSA) is 119 Å². The number of aliphatic hydroxyl groups excluding tert-OH is 2. The van der Waals surface area contributed by atoms with Gasteiger partial charge in [-0.3, -0.25) is 0 Å². The van der Waals surface area contributed by atoms with Gasteiger partial charge in [0.05, 0.1) is 17.1 Å². The van der Waals surface area contributed by atoms with Crippen LogP contribution < -0.4 is 14.9 Å². The van der Waals surface area contributed by atoms with E-state index in [1.54, 1.807) is 12.1 Å². The number of carbonyl (C=O) groups is 1. The largest absolute Gasteiger partial charge is 0.393 e. The molecule has 0 aromatic heterocycles. The van der Waals surface area contributed by atoms with Crippen LogP contribution >= 0.6 is 0 Å². The predicted octanol–water partition coefficient (Wildman–Crippen LogP) is 5.39. The van der Waals surface area contributed by atoms with Crippen LogP contribution in [0.25, 0.3) is 0 Å². The summed E-state index contributed by atoms with van der Waals surface area (Å²) in [5.74, 6) is 2.86. The van der Waals surface area contributed by atoms with Crippen molar-refractivity contribution in [2.75, 3.05) is 25.5 Å². The number of aliphatic hydroxyl groups is 2.